The first-order valence-corrected chi connectivity index (χ1v) is 8.61. The van der Waals surface area contributed by atoms with Crippen molar-refractivity contribution in [1.82, 2.24) is 9.80 Å². The lowest BCUT2D eigenvalue weighted by molar-refractivity contribution is 0.139. The number of hydrogen-bond donors (Lipinski definition) is 1. The molecule has 2 unspecified atom stereocenters. The van der Waals surface area contributed by atoms with Gasteiger partial charge in [-0.3, -0.25) is 9.80 Å². The molecule has 4 nitrogen and oxygen atoms in total. The molecule has 0 aromatic carbocycles. The zero-order chi connectivity index (χ0) is 14.2. The van der Waals surface area contributed by atoms with Gasteiger partial charge in [-0.2, -0.15) is 0 Å². The van der Waals surface area contributed by atoms with Gasteiger partial charge in [0.15, 0.2) is 0 Å². The van der Waals surface area contributed by atoms with Crippen LogP contribution in [0.4, 0.5) is 0 Å². The van der Waals surface area contributed by atoms with Gasteiger partial charge in [-0.15, -0.1) is 0 Å². The van der Waals surface area contributed by atoms with Crippen molar-refractivity contribution in [3.63, 3.8) is 0 Å². The molecule has 21 heavy (non-hydrogen) atoms. The average Bonchev–Trinajstić information content (AvgIpc) is 3.16. The Balaban J connectivity index is 1.41. The van der Waals surface area contributed by atoms with Crippen LogP contribution in [0, 0.1) is 0 Å². The molecule has 1 aromatic heterocycles. The molecule has 1 aromatic rings. The molecule has 2 fully saturated rings. The topological polar surface area (TPSA) is 45.6 Å². The predicted molar refractivity (Wildman–Crippen MR) is 83.1 cm³/mol. The molecule has 0 bridgehead atoms. The third kappa shape index (κ3) is 2.65. The van der Waals surface area contributed by atoms with Crippen molar-refractivity contribution in [2.24, 2.45) is 5.73 Å². The van der Waals surface area contributed by atoms with E-state index in [2.05, 4.69) is 15.9 Å². The molecule has 0 spiro atoms. The summed E-state index contributed by atoms with van der Waals surface area (Å²) in [5.74, 6) is 1.23. The number of piperidine rings is 1. The Hall–Kier alpha value is -0.840. The largest absolute Gasteiger partial charge is 0.469 e. The van der Waals surface area contributed by atoms with E-state index in [4.69, 9.17) is 10.2 Å². The molecule has 2 saturated heterocycles. The van der Waals surface area contributed by atoms with E-state index >= 15 is 0 Å². The number of fused-ring (bicyclic) bond motifs is 1. The van der Waals surface area contributed by atoms with Crippen molar-refractivity contribution in [2.45, 2.75) is 56.7 Å². The van der Waals surface area contributed by atoms with Gasteiger partial charge in [-0.1, -0.05) is 0 Å². The summed E-state index contributed by atoms with van der Waals surface area (Å²) in [6.45, 7) is 4.86. The van der Waals surface area contributed by atoms with Crippen molar-refractivity contribution in [3.8, 4) is 0 Å². The van der Waals surface area contributed by atoms with Crippen molar-refractivity contribution in [1.29, 1.82) is 0 Å². The first kappa shape index (κ1) is 13.8. The molecule has 116 valence electrons. The van der Waals surface area contributed by atoms with Gasteiger partial charge in [0, 0.05) is 43.2 Å². The van der Waals surface area contributed by atoms with Crippen LogP contribution in [0.5, 0.6) is 0 Å². The van der Waals surface area contributed by atoms with Crippen LogP contribution in [-0.2, 0) is 6.42 Å². The quantitative estimate of drug-likeness (QED) is 0.906. The number of furan rings is 1. The monoisotopic (exact) mass is 289 g/mol. The molecule has 0 radical (unpaired) electrons. The molecule has 2 N–H and O–H groups in total. The number of nitrogens with zero attached hydrogens (tertiary/aromatic N) is 2. The smallest absolute Gasteiger partial charge is 0.108 e. The zero-order valence-electron chi connectivity index (χ0n) is 12.8. The van der Waals surface area contributed by atoms with Gasteiger partial charge in [0.1, 0.15) is 5.76 Å². The second kappa shape index (κ2) is 5.75. The summed E-state index contributed by atoms with van der Waals surface area (Å²) >= 11 is 0. The molecular formula is C17H27N3O. The summed E-state index contributed by atoms with van der Waals surface area (Å²) in [4.78, 5) is 5.38. The van der Waals surface area contributed by atoms with Crippen LogP contribution in [0.3, 0.4) is 0 Å². The lowest BCUT2D eigenvalue weighted by atomic mass is 9.92. The maximum Gasteiger partial charge on any atom is 0.108 e. The molecule has 2 atom stereocenters. The van der Waals surface area contributed by atoms with Gasteiger partial charge >= 0.3 is 0 Å². The van der Waals surface area contributed by atoms with E-state index in [9.17, 15) is 0 Å². The Morgan fingerprint density at radius 3 is 2.71 bits per heavy atom. The van der Waals surface area contributed by atoms with Crippen molar-refractivity contribution < 1.29 is 4.42 Å². The first-order valence-electron chi connectivity index (χ1n) is 8.61. The Labute approximate surface area is 127 Å². The fourth-order valence-corrected chi connectivity index (χ4v) is 4.48. The maximum absolute atomic E-state index is 6.03. The SMILES string of the molecule is NC1CCN(C2CCN(C3CCCc4occc43)C2)CC1. The highest BCUT2D eigenvalue weighted by Gasteiger charge is 2.35. The van der Waals surface area contributed by atoms with E-state index < -0.39 is 0 Å². The maximum atomic E-state index is 6.03. The highest BCUT2D eigenvalue weighted by atomic mass is 16.3. The Bertz CT molecular complexity index is 478. The van der Waals surface area contributed by atoms with Crippen LogP contribution in [-0.4, -0.2) is 48.1 Å². The number of hydrogen-bond acceptors (Lipinski definition) is 4. The van der Waals surface area contributed by atoms with Crippen molar-refractivity contribution in [3.05, 3.63) is 23.7 Å². The van der Waals surface area contributed by atoms with Gasteiger partial charge in [0.25, 0.3) is 0 Å². The highest BCUT2D eigenvalue weighted by molar-refractivity contribution is 5.24. The van der Waals surface area contributed by atoms with Crippen LogP contribution in [0.15, 0.2) is 16.7 Å². The zero-order valence-corrected chi connectivity index (χ0v) is 12.8. The molecule has 0 amide bonds. The second-order valence-electron chi connectivity index (χ2n) is 7.02. The van der Waals surface area contributed by atoms with E-state index in [0.717, 1.165) is 12.5 Å². The summed E-state index contributed by atoms with van der Waals surface area (Å²) in [6, 6.07) is 3.98. The fourth-order valence-electron chi connectivity index (χ4n) is 4.48. The summed E-state index contributed by atoms with van der Waals surface area (Å²) in [7, 11) is 0. The number of nitrogens with two attached hydrogens (primary N) is 1. The van der Waals surface area contributed by atoms with Gasteiger partial charge in [0.05, 0.1) is 6.26 Å². The van der Waals surface area contributed by atoms with Crippen LogP contribution in [0.2, 0.25) is 0 Å². The van der Waals surface area contributed by atoms with Crippen molar-refractivity contribution >= 4 is 0 Å². The van der Waals surface area contributed by atoms with Gasteiger partial charge in [-0.25, -0.2) is 0 Å². The molecule has 0 saturated carbocycles. The van der Waals surface area contributed by atoms with E-state index in [-0.39, 0.29) is 0 Å². The molecule has 2 aliphatic heterocycles. The molecule has 3 heterocycles. The van der Waals surface area contributed by atoms with Crippen LogP contribution in [0.25, 0.3) is 0 Å². The summed E-state index contributed by atoms with van der Waals surface area (Å²) < 4.78 is 5.65. The summed E-state index contributed by atoms with van der Waals surface area (Å²) in [6.07, 6.45) is 9.23. The molecule has 1 aliphatic carbocycles. The van der Waals surface area contributed by atoms with Crippen LogP contribution in [0.1, 0.15) is 49.5 Å². The van der Waals surface area contributed by atoms with E-state index in [1.165, 1.54) is 69.6 Å². The third-order valence-electron chi connectivity index (χ3n) is 5.75. The van der Waals surface area contributed by atoms with Crippen LogP contribution >= 0.6 is 0 Å². The Kier molecular flexibility index (Phi) is 3.78. The molecule has 4 rings (SSSR count). The Morgan fingerprint density at radius 2 is 1.86 bits per heavy atom. The van der Waals surface area contributed by atoms with Gasteiger partial charge in [0.2, 0.25) is 0 Å². The molecular weight excluding hydrogens is 262 g/mol. The normalized spacial score (nSPS) is 32.4. The average molecular weight is 289 g/mol. The molecule has 3 aliphatic rings. The standard InChI is InChI=1S/C17H27N3O/c18-13-4-8-19(9-5-13)14-6-10-20(12-14)16-2-1-3-17-15(16)7-11-21-17/h7,11,13-14,16H,1-6,8-10,12,18H2. The molecule has 4 heteroatoms. The second-order valence-corrected chi connectivity index (χ2v) is 7.02. The minimum absolute atomic E-state index is 0.436. The number of likely N-dealkylation sites (tertiary alicyclic amines) is 2. The lowest BCUT2D eigenvalue weighted by Gasteiger charge is -2.36. The first-order chi connectivity index (χ1) is 10.3. The van der Waals surface area contributed by atoms with E-state index in [1.54, 1.807) is 0 Å². The van der Waals surface area contributed by atoms with E-state index in [1.807, 2.05) is 6.26 Å². The Morgan fingerprint density at radius 1 is 1.05 bits per heavy atom. The minimum Gasteiger partial charge on any atom is -0.469 e. The fraction of sp³-hybridized carbons (Fsp3) is 0.765. The number of rotatable bonds is 2. The summed E-state index contributed by atoms with van der Waals surface area (Å²) in [5.41, 5.74) is 7.49. The van der Waals surface area contributed by atoms with E-state index in [0.29, 0.717) is 12.1 Å². The van der Waals surface area contributed by atoms with Gasteiger partial charge in [-0.05, 0) is 51.3 Å². The van der Waals surface area contributed by atoms with Gasteiger partial charge < -0.3 is 10.2 Å². The lowest BCUT2D eigenvalue weighted by Crippen LogP contribution is -2.46. The minimum atomic E-state index is 0.436. The predicted octanol–water partition coefficient (Wildman–Crippen LogP) is 2.15. The number of aryl methyl sites for hydroxylation is 1. The summed E-state index contributed by atoms with van der Waals surface area (Å²) in [5, 5.41) is 0. The van der Waals surface area contributed by atoms with Crippen molar-refractivity contribution in [2.75, 3.05) is 26.2 Å². The highest BCUT2D eigenvalue weighted by Crippen LogP contribution is 2.37. The van der Waals surface area contributed by atoms with Crippen LogP contribution < -0.4 is 5.73 Å². The third-order valence-corrected chi connectivity index (χ3v) is 5.75.